The van der Waals surface area contributed by atoms with Crippen LogP contribution in [0.5, 0.6) is 0 Å². The molecule has 1 aliphatic carbocycles. The molecular formula is C16H35O16P3S3. The molecule has 22 heteroatoms. The van der Waals surface area contributed by atoms with Crippen molar-refractivity contribution in [2.24, 2.45) is 0 Å². The summed E-state index contributed by atoms with van der Waals surface area (Å²) in [5, 5.41) is 11.2. The summed E-state index contributed by atoms with van der Waals surface area (Å²) in [6.07, 6.45) is -7.63. The molecule has 0 saturated heterocycles. The lowest BCUT2D eigenvalue weighted by Crippen LogP contribution is -2.65. The number of hydrogen-bond donors (Lipinski definition) is 7. The van der Waals surface area contributed by atoms with Gasteiger partial charge >= 0.3 is 0 Å². The minimum absolute atomic E-state index is 0.0195. The van der Waals surface area contributed by atoms with Gasteiger partial charge in [-0.1, -0.05) is 0 Å². The monoisotopic (exact) mass is 672 g/mol. The van der Waals surface area contributed by atoms with Crippen LogP contribution in [-0.4, -0.2) is 136 Å². The normalized spacial score (nSPS) is 26.5. The molecule has 1 rings (SSSR count). The number of hydrogen-bond acceptors (Lipinski definition) is 10. The lowest BCUT2D eigenvalue weighted by molar-refractivity contribution is -0.227. The Kier molecular flexibility index (Phi) is 22.5. The fraction of sp³-hybridized carbons (Fsp3) is 1.00. The molecule has 0 aliphatic heterocycles. The highest BCUT2D eigenvalue weighted by molar-refractivity contribution is 8.12. The summed E-state index contributed by atoms with van der Waals surface area (Å²) in [5.41, 5.74) is 0. The molecule has 0 aromatic heterocycles. The fourth-order valence-corrected chi connectivity index (χ4v) is 5.96. The Morgan fingerprint density at radius 3 is 1.29 bits per heavy atom. The predicted molar refractivity (Wildman–Crippen MR) is 144 cm³/mol. The Bertz CT molecular complexity index is 726. The number of ether oxygens (including phenoxy) is 6. The highest BCUT2D eigenvalue weighted by Gasteiger charge is 2.54. The molecule has 1 fully saturated rings. The zero-order valence-electron chi connectivity index (χ0n) is 20.5. The van der Waals surface area contributed by atoms with Crippen LogP contribution in [0.1, 0.15) is 0 Å². The maximum atomic E-state index is 11.2. The average molecular weight is 673 g/mol. The van der Waals surface area contributed by atoms with Crippen LogP contribution >= 0.6 is 22.7 Å². The first kappa shape index (κ1) is 37.3. The molecule has 0 spiro atoms. The van der Waals surface area contributed by atoms with E-state index in [1.165, 1.54) is 14.2 Å². The van der Waals surface area contributed by atoms with Gasteiger partial charge in [0.1, 0.15) is 91.3 Å². The van der Waals surface area contributed by atoms with E-state index in [2.05, 4.69) is 0 Å². The molecule has 0 radical (unpaired) electrons. The summed E-state index contributed by atoms with van der Waals surface area (Å²) in [5.74, 6) is 0. The van der Waals surface area contributed by atoms with E-state index < -0.39 is 68.5 Å². The summed E-state index contributed by atoms with van der Waals surface area (Å²) in [6, 6.07) is 0. The van der Waals surface area contributed by atoms with Crippen molar-refractivity contribution in [3.8, 4) is 0 Å². The molecular weight excluding hydrogens is 637 g/mol. The van der Waals surface area contributed by atoms with Crippen molar-refractivity contribution in [1.29, 1.82) is 0 Å². The quantitative estimate of drug-likeness (QED) is 0.0721. The van der Waals surface area contributed by atoms with Gasteiger partial charge < -0.3 is 74.4 Å². The maximum absolute atomic E-state index is 11.2. The summed E-state index contributed by atoms with van der Waals surface area (Å²) in [4.78, 5) is 0. The third kappa shape index (κ3) is 15.5. The Balaban J connectivity index is 3.26. The summed E-state index contributed by atoms with van der Waals surface area (Å²) < 4.78 is 105. The largest absolute Gasteiger partial charge is 0.387 e. The molecule has 0 bridgehead atoms. The summed E-state index contributed by atoms with van der Waals surface area (Å²) in [6.45, 7) is 1.52. The highest BCUT2D eigenvalue weighted by atomic mass is 32.5. The molecule has 38 heavy (non-hydrogen) atoms. The van der Waals surface area contributed by atoms with E-state index in [1.54, 1.807) is 0 Å². The minimum Gasteiger partial charge on any atom is -0.387 e. The van der Waals surface area contributed by atoms with Crippen LogP contribution in [0.3, 0.4) is 0 Å². The van der Waals surface area contributed by atoms with Crippen LogP contribution < -0.4 is 0 Å². The highest BCUT2D eigenvalue weighted by Crippen LogP contribution is 2.37. The number of rotatable bonds is 20. The molecule has 0 aromatic carbocycles. The van der Waals surface area contributed by atoms with Gasteiger partial charge in [0.25, 0.3) is 0 Å². The topological polar surface area (TPSA) is 225 Å². The zero-order chi connectivity index (χ0) is 28.3. The lowest BCUT2D eigenvalue weighted by Gasteiger charge is -2.46. The SMILES string of the molecule is COCCOCCOC1C(OP=S(O)O)[C@H](OP=S(O)O)[C@H](O)C(OCCOCCOC)[C@@H]1OP=S(O)O. The molecule has 7 N–H and O–H groups in total. The van der Waals surface area contributed by atoms with Gasteiger partial charge in [-0.25, -0.2) is 0 Å². The smallest absolute Gasteiger partial charge is 0.147 e. The molecule has 6 atom stereocenters. The second-order valence-corrected chi connectivity index (χ2v) is 13.9. The number of aliphatic hydroxyl groups excluding tert-OH is 1. The van der Waals surface area contributed by atoms with Crippen molar-refractivity contribution in [2.45, 2.75) is 36.6 Å². The third-order valence-electron chi connectivity index (χ3n) is 4.60. The maximum Gasteiger partial charge on any atom is 0.147 e. The first-order valence-electron chi connectivity index (χ1n) is 10.8. The molecule has 16 nitrogen and oxygen atoms in total. The first-order valence-corrected chi connectivity index (χ1v) is 18.4. The van der Waals surface area contributed by atoms with Crippen molar-refractivity contribution in [3.05, 3.63) is 0 Å². The minimum atomic E-state index is -2.18. The van der Waals surface area contributed by atoms with Crippen molar-refractivity contribution < 1.29 is 74.4 Å². The van der Waals surface area contributed by atoms with Gasteiger partial charge in [0.15, 0.2) is 0 Å². The van der Waals surface area contributed by atoms with Crippen LogP contribution in [-0.2, 0) is 73.9 Å². The van der Waals surface area contributed by atoms with Crippen LogP contribution in [0.15, 0.2) is 0 Å². The molecule has 228 valence electrons. The summed E-state index contributed by atoms with van der Waals surface area (Å²) in [7, 11) is -4.37. The van der Waals surface area contributed by atoms with E-state index in [4.69, 9.17) is 42.0 Å². The molecule has 0 amide bonds. The Labute approximate surface area is 232 Å². The van der Waals surface area contributed by atoms with Gasteiger partial charge in [0, 0.05) is 14.2 Å². The second kappa shape index (κ2) is 22.9. The van der Waals surface area contributed by atoms with E-state index in [9.17, 15) is 32.4 Å². The molecule has 0 heterocycles. The fourth-order valence-electron chi connectivity index (χ4n) is 3.12. The van der Waals surface area contributed by atoms with E-state index in [1.807, 2.05) is 0 Å². The average Bonchev–Trinajstić information content (AvgIpc) is 2.86. The van der Waals surface area contributed by atoms with E-state index in [0.29, 0.717) is 26.4 Å². The van der Waals surface area contributed by atoms with Gasteiger partial charge in [-0.05, 0) is 0 Å². The molecule has 3 unspecified atom stereocenters. The zero-order valence-corrected chi connectivity index (χ0v) is 25.6. The van der Waals surface area contributed by atoms with Crippen molar-refractivity contribution in [2.75, 3.05) is 67.1 Å². The molecule has 0 aromatic rings. The van der Waals surface area contributed by atoms with Gasteiger partial charge in [0.05, 0.1) is 52.9 Å². The van der Waals surface area contributed by atoms with Crippen molar-refractivity contribution in [1.82, 2.24) is 0 Å². The van der Waals surface area contributed by atoms with Gasteiger partial charge in [-0.3, -0.25) is 0 Å². The van der Waals surface area contributed by atoms with E-state index >= 15 is 0 Å². The first-order chi connectivity index (χ1) is 18.2. The standard InChI is InChI=1S/C16H35O16P3S3/c1-24-3-5-26-7-9-28-12-11(17)13(30-33-36(18)19)16(32-35-38(22)23)14(15(12)31-34-37(20)21)29-10-8-27-6-4-25-2/h11-23H,3-10H2,1-2H3/t11-,12?,13-,14?,15+,16?/m1/s1. The van der Waals surface area contributed by atoms with Crippen LogP contribution in [0.25, 0.3) is 0 Å². The van der Waals surface area contributed by atoms with Gasteiger partial charge in [-0.15, -0.1) is 0 Å². The van der Waals surface area contributed by atoms with E-state index in [-0.39, 0.29) is 49.2 Å². The van der Waals surface area contributed by atoms with Crippen LogP contribution in [0, 0.1) is 0 Å². The van der Waals surface area contributed by atoms with Crippen LogP contribution in [0.4, 0.5) is 0 Å². The van der Waals surface area contributed by atoms with Gasteiger partial charge in [0.2, 0.25) is 0 Å². The third-order valence-corrected chi connectivity index (χ3v) is 7.97. The number of methoxy groups -OCH3 is 2. The van der Waals surface area contributed by atoms with Crippen molar-refractivity contribution in [3.63, 3.8) is 0 Å². The Hall–Kier alpha value is 1.31. The lowest BCUT2D eigenvalue weighted by atomic mass is 9.84. The van der Waals surface area contributed by atoms with Gasteiger partial charge in [-0.2, -0.15) is 0 Å². The predicted octanol–water partition coefficient (Wildman–Crippen LogP) is 1.63. The second-order valence-electron chi connectivity index (χ2n) is 7.04. The van der Waals surface area contributed by atoms with Crippen molar-refractivity contribution >= 4 is 54.7 Å². The van der Waals surface area contributed by atoms with Crippen LogP contribution in [0.2, 0.25) is 0 Å². The molecule has 1 saturated carbocycles. The Morgan fingerprint density at radius 2 is 0.868 bits per heavy atom. The summed E-state index contributed by atoms with van der Waals surface area (Å²) >= 11 is 0. The number of aliphatic hydroxyl groups is 1. The molecule has 1 aliphatic rings. The Morgan fingerprint density at radius 1 is 0.500 bits per heavy atom. The van der Waals surface area contributed by atoms with E-state index in [0.717, 1.165) is 0 Å².